The van der Waals surface area contributed by atoms with Crippen molar-refractivity contribution in [2.45, 2.75) is 33.2 Å². The molecule has 4 rings (SSSR count). The molecule has 0 atom stereocenters. The van der Waals surface area contributed by atoms with Crippen molar-refractivity contribution in [3.63, 3.8) is 0 Å². The van der Waals surface area contributed by atoms with Crippen molar-refractivity contribution in [2.75, 3.05) is 0 Å². The van der Waals surface area contributed by atoms with Gasteiger partial charge in [0.1, 0.15) is 0 Å². The molecule has 142 valence electrons. The van der Waals surface area contributed by atoms with E-state index in [1.165, 1.54) is 5.56 Å². The molecule has 28 heavy (non-hydrogen) atoms. The van der Waals surface area contributed by atoms with E-state index in [9.17, 15) is 0 Å². The molecule has 0 radical (unpaired) electrons. The first-order valence-corrected chi connectivity index (χ1v) is 9.55. The number of benzene rings is 2. The first kappa shape index (κ1) is 18.2. The van der Waals surface area contributed by atoms with Gasteiger partial charge in [0.05, 0.1) is 49.5 Å². The molecule has 0 bridgehead atoms. The largest absolute Gasteiger partial charge is 0.370 e. The second kappa shape index (κ2) is 8.67. The molecule has 5 nitrogen and oxygen atoms in total. The Morgan fingerprint density at radius 1 is 0.857 bits per heavy atom. The summed E-state index contributed by atoms with van der Waals surface area (Å²) in [6, 6.07) is 20.5. The fourth-order valence-corrected chi connectivity index (χ4v) is 3.31. The maximum Gasteiger partial charge on any atom is 0.0960 e. The summed E-state index contributed by atoms with van der Waals surface area (Å²) in [5.41, 5.74) is 5.47. The van der Waals surface area contributed by atoms with Crippen molar-refractivity contribution in [2.24, 2.45) is 0 Å². The van der Waals surface area contributed by atoms with Crippen molar-refractivity contribution >= 4 is 0 Å². The number of aryl methyl sites for hydroxylation is 1. The van der Waals surface area contributed by atoms with E-state index in [1.807, 2.05) is 55.2 Å². The minimum atomic E-state index is 0.499. The van der Waals surface area contributed by atoms with Gasteiger partial charge in [-0.2, -0.15) is 0 Å². The Morgan fingerprint density at radius 3 is 2.36 bits per heavy atom. The second-order valence-electron chi connectivity index (χ2n) is 6.68. The third kappa shape index (κ3) is 4.05. The average Bonchev–Trinajstić information content (AvgIpc) is 3.37. The molecule has 0 aliphatic rings. The molecule has 2 aromatic heterocycles. The summed E-state index contributed by atoms with van der Waals surface area (Å²) in [7, 11) is 0. The van der Waals surface area contributed by atoms with Gasteiger partial charge in [0.15, 0.2) is 0 Å². The SMILES string of the molecule is CCn1cncc1Cn1cnc(-c2ccccc2)c1COCc1ccccc1. The van der Waals surface area contributed by atoms with E-state index in [0.29, 0.717) is 13.2 Å². The van der Waals surface area contributed by atoms with Crippen LogP contribution in [0.5, 0.6) is 0 Å². The van der Waals surface area contributed by atoms with Crippen molar-refractivity contribution in [1.29, 1.82) is 0 Å². The van der Waals surface area contributed by atoms with E-state index < -0.39 is 0 Å². The summed E-state index contributed by atoms with van der Waals surface area (Å²) in [6.07, 6.45) is 5.69. The maximum atomic E-state index is 6.06. The van der Waals surface area contributed by atoms with Crippen LogP contribution in [0.15, 0.2) is 79.5 Å². The summed E-state index contributed by atoms with van der Waals surface area (Å²) >= 11 is 0. The van der Waals surface area contributed by atoms with Crippen LogP contribution in [0.1, 0.15) is 23.9 Å². The molecule has 0 amide bonds. The first-order valence-electron chi connectivity index (χ1n) is 9.55. The van der Waals surface area contributed by atoms with Gasteiger partial charge in [-0.25, -0.2) is 9.97 Å². The molecule has 0 fully saturated rings. The van der Waals surface area contributed by atoms with Crippen LogP contribution in [0.25, 0.3) is 11.3 Å². The van der Waals surface area contributed by atoms with E-state index in [0.717, 1.165) is 35.7 Å². The molecule has 2 heterocycles. The molecule has 0 aliphatic heterocycles. The molecular weight excluding hydrogens is 348 g/mol. The van der Waals surface area contributed by atoms with Crippen LogP contribution in [0.3, 0.4) is 0 Å². The molecule has 2 aromatic carbocycles. The van der Waals surface area contributed by atoms with Crippen LogP contribution >= 0.6 is 0 Å². The van der Waals surface area contributed by atoms with Gasteiger partial charge >= 0.3 is 0 Å². The van der Waals surface area contributed by atoms with Gasteiger partial charge in [-0.05, 0) is 12.5 Å². The summed E-state index contributed by atoms with van der Waals surface area (Å²) in [5, 5.41) is 0. The van der Waals surface area contributed by atoms with Gasteiger partial charge < -0.3 is 13.9 Å². The predicted octanol–water partition coefficient (Wildman–Crippen LogP) is 4.53. The Hall–Kier alpha value is -3.18. The fourth-order valence-electron chi connectivity index (χ4n) is 3.31. The van der Waals surface area contributed by atoms with Gasteiger partial charge in [0.25, 0.3) is 0 Å². The minimum Gasteiger partial charge on any atom is -0.370 e. The zero-order valence-corrected chi connectivity index (χ0v) is 16.0. The molecule has 0 saturated carbocycles. The minimum absolute atomic E-state index is 0.499. The molecule has 0 aliphatic carbocycles. The zero-order valence-electron chi connectivity index (χ0n) is 16.0. The lowest BCUT2D eigenvalue weighted by Crippen LogP contribution is -2.09. The summed E-state index contributed by atoms with van der Waals surface area (Å²) in [4.78, 5) is 8.98. The van der Waals surface area contributed by atoms with E-state index in [-0.39, 0.29) is 0 Å². The molecule has 5 heteroatoms. The van der Waals surface area contributed by atoms with Gasteiger partial charge in [-0.1, -0.05) is 60.7 Å². The average molecular weight is 372 g/mol. The van der Waals surface area contributed by atoms with Crippen molar-refractivity contribution in [3.8, 4) is 11.3 Å². The smallest absolute Gasteiger partial charge is 0.0960 e. The van der Waals surface area contributed by atoms with Crippen LogP contribution in [-0.4, -0.2) is 19.1 Å². The highest BCUT2D eigenvalue weighted by molar-refractivity contribution is 5.61. The molecule has 0 N–H and O–H groups in total. The first-order chi connectivity index (χ1) is 13.8. The van der Waals surface area contributed by atoms with E-state index in [4.69, 9.17) is 9.72 Å². The van der Waals surface area contributed by atoms with Crippen LogP contribution in [0, 0.1) is 0 Å². The number of rotatable bonds is 8. The monoisotopic (exact) mass is 372 g/mol. The number of hydrogen-bond acceptors (Lipinski definition) is 3. The Kier molecular flexibility index (Phi) is 5.64. The summed E-state index contributed by atoms with van der Waals surface area (Å²) in [5.74, 6) is 0. The second-order valence-corrected chi connectivity index (χ2v) is 6.68. The molecule has 0 spiro atoms. The van der Waals surface area contributed by atoms with Crippen molar-refractivity contribution in [3.05, 3.63) is 96.5 Å². The maximum absolute atomic E-state index is 6.06. The Labute approximate surface area is 165 Å². The quantitative estimate of drug-likeness (QED) is 0.456. The number of aromatic nitrogens is 4. The Balaban J connectivity index is 1.59. The number of ether oxygens (including phenoxy) is 1. The molecule has 0 unspecified atom stereocenters. The lowest BCUT2D eigenvalue weighted by molar-refractivity contribution is 0.103. The zero-order chi connectivity index (χ0) is 19.2. The van der Waals surface area contributed by atoms with Gasteiger partial charge in [0.2, 0.25) is 0 Å². The van der Waals surface area contributed by atoms with Crippen LogP contribution in [-0.2, 0) is 31.0 Å². The third-order valence-corrected chi connectivity index (χ3v) is 4.82. The Bertz CT molecular complexity index is 1010. The molecular formula is C23H24N4O. The highest BCUT2D eigenvalue weighted by Crippen LogP contribution is 2.24. The van der Waals surface area contributed by atoms with E-state index >= 15 is 0 Å². The van der Waals surface area contributed by atoms with Crippen LogP contribution in [0.2, 0.25) is 0 Å². The lowest BCUT2D eigenvalue weighted by Gasteiger charge is -2.12. The van der Waals surface area contributed by atoms with Crippen molar-refractivity contribution in [1.82, 2.24) is 19.1 Å². The standard InChI is InChI=1S/C23H24N4O/c1-2-26-17-24-13-21(26)14-27-18-25-23(20-11-7-4-8-12-20)22(27)16-28-15-19-9-5-3-6-10-19/h3-13,17-18H,2,14-16H2,1H3. The highest BCUT2D eigenvalue weighted by Gasteiger charge is 2.14. The van der Waals surface area contributed by atoms with Crippen LogP contribution < -0.4 is 0 Å². The predicted molar refractivity (Wildman–Crippen MR) is 110 cm³/mol. The number of imidazole rings is 2. The van der Waals surface area contributed by atoms with E-state index in [1.54, 1.807) is 0 Å². The van der Waals surface area contributed by atoms with Gasteiger partial charge in [-0.3, -0.25) is 0 Å². The van der Waals surface area contributed by atoms with Gasteiger partial charge in [-0.15, -0.1) is 0 Å². The van der Waals surface area contributed by atoms with Crippen LogP contribution in [0.4, 0.5) is 0 Å². The third-order valence-electron chi connectivity index (χ3n) is 4.82. The molecule has 0 saturated heterocycles. The normalized spacial score (nSPS) is 11.0. The van der Waals surface area contributed by atoms with Crippen molar-refractivity contribution < 1.29 is 4.74 Å². The van der Waals surface area contributed by atoms with E-state index in [2.05, 4.69) is 45.3 Å². The number of nitrogens with zero attached hydrogens (tertiary/aromatic N) is 4. The summed E-state index contributed by atoms with van der Waals surface area (Å²) < 4.78 is 10.4. The topological polar surface area (TPSA) is 44.9 Å². The highest BCUT2D eigenvalue weighted by atomic mass is 16.5. The fraction of sp³-hybridized carbons (Fsp3) is 0.217. The van der Waals surface area contributed by atoms with Gasteiger partial charge in [0, 0.05) is 18.3 Å². The number of hydrogen-bond donors (Lipinski definition) is 0. The molecule has 4 aromatic rings. The Morgan fingerprint density at radius 2 is 1.61 bits per heavy atom. The lowest BCUT2D eigenvalue weighted by atomic mass is 10.1. The summed E-state index contributed by atoms with van der Waals surface area (Å²) in [6.45, 7) is 4.82.